The van der Waals surface area contributed by atoms with Gasteiger partial charge in [-0.1, -0.05) is 17.7 Å². The molecule has 0 atom stereocenters. The molecular weight excluding hydrogens is 250 g/mol. The van der Waals surface area contributed by atoms with E-state index >= 15 is 0 Å². The highest BCUT2D eigenvalue weighted by atomic mass is 35.5. The topological polar surface area (TPSA) is 46.2 Å². The van der Waals surface area contributed by atoms with Gasteiger partial charge in [0.1, 0.15) is 17.4 Å². The fraction of sp³-hybridized carbons (Fsp3) is 0.154. The minimum atomic E-state index is 0.562. The maximum absolute atomic E-state index is 6.06. The lowest BCUT2D eigenvalue weighted by atomic mass is 10.3. The molecule has 2 rings (SSSR count). The van der Waals surface area contributed by atoms with Crippen molar-refractivity contribution in [3.05, 3.63) is 41.4 Å². The van der Waals surface area contributed by atoms with Crippen LogP contribution < -0.4 is 15.4 Å². The number of nitrogens with zero attached hydrogens (tertiary/aromatic N) is 1. The van der Waals surface area contributed by atoms with Crippen LogP contribution in [0.25, 0.3) is 0 Å². The first-order valence-corrected chi connectivity index (χ1v) is 5.86. The van der Waals surface area contributed by atoms with Gasteiger partial charge >= 0.3 is 0 Å². The lowest BCUT2D eigenvalue weighted by Gasteiger charge is -2.09. The summed E-state index contributed by atoms with van der Waals surface area (Å²) in [5, 5.41) is 6.73. The van der Waals surface area contributed by atoms with Gasteiger partial charge in [-0.2, -0.15) is 0 Å². The van der Waals surface area contributed by atoms with Gasteiger partial charge in [0.25, 0.3) is 0 Å². The van der Waals surface area contributed by atoms with Gasteiger partial charge in [-0.25, -0.2) is 4.98 Å². The summed E-state index contributed by atoms with van der Waals surface area (Å²) in [7, 11) is 3.42. The molecule has 0 unspecified atom stereocenters. The molecule has 0 aliphatic rings. The van der Waals surface area contributed by atoms with Crippen molar-refractivity contribution in [1.82, 2.24) is 4.98 Å². The number of hydrogen-bond donors (Lipinski definition) is 2. The van der Waals surface area contributed by atoms with Crippen molar-refractivity contribution >= 4 is 28.9 Å². The number of methoxy groups -OCH3 is 1. The second kappa shape index (κ2) is 5.60. The quantitative estimate of drug-likeness (QED) is 0.886. The number of hydrogen-bond acceptors (Lipinski definition) is 4. The van der Waals surface area contributed by atoms with E-state index in [0.29, 0.717) is 10.8 Å². The Labute approximate surface area is 111 Å². The average Bonchev–Trinajstić information content (AvgIpc) is 2.39. The van der Waals surface area contributed by atoms with E-state index in [2.05, 4.69) is 15.6 Å². The number of pyridine rings is 1. The Bertz CT molecular complexity index is 546. The van der Waals surface area contributed by atoms with Gasteiger partial charge in [-0.15, -0.1) is 0 Å². The van der Waals surface area contributed by atoms with Gasteiger partial charge in [-0.05, 0) is 30.3 Å². The molecule has 0 bridgehead atoms. The minimum Gasteiger partial charge on any atom is -0.495 e. The number of rotatable bonds is 4. The van der Waals surface area contributed by atoms with Crippen molar-refractivity contribution in [2.24, 2.45) is 0 Å². The Hall–Kier alpha value is -1.94. The van der Waals surface area contributed by atoms with E-state index in [1.807, 2.05) is 37.4 Å². The number of nitrogens with one attached hydrogen (secondary N) is 2. The molecule has 0 spiro atoms. The molecule has 2 N–H and O–H groups in total. The molecule has 2 aromatic rings. The number of aromatic nitrogens is 1. The summed E-state index contributed by atoms with van der Waals surface area (Å²) in [6.07, 6.45) is 0. The molecule has 1 heterocycles. The summed E-state index contributed by atoms with van der Waals surface area (Å²) < 4.78 is 5.10. The minimum absolute atomic E-state index is 0.562. The van der Waals surface area contributed by atoms with Crippen molar-refractivity contribution in [2.75, 3.05) is 24.8 Å². The molecule has 0 saturated carbocycles. The van der Waals surface area contributed by atoms with E-state index in [1.54, 1.807) is 13.2 Å². The zero-order valence-corrected chi connectivity index (χ0v) is 11.0. The van der Waals surface area contributed by atoms with E-state index in [0.717, 1.165) is 17.3 Å². The summed E-state index contributed by atoms with van der Waals surface area (Å²) in [5.74, 6) is 2.21. The molecule has 0 aliphatic carbocycles. The maximum Gasteiger partial charge on any atom is 0.137 e. The first-order chi connectivity index (χ1) is 8.72. The number of benzene rings is 1. The van der Waals surface area contributed by atoms with E-state index in [-0.39, 0.29) is 0 Å². The maximum atomic E-state index is 6.06. The molecule has 5 heteroatoms. The molecule has 0 aliphatic heterocycles. The van der Waals surface area contributed by atoms with Crippen LogP contribution in [0, 0.1) is 0 Å². The van der Waals surface area contributed by atoms with Gasteiger partial charge in [0, 0.05) is 12.7 Å². The second-order valence-corrected chi connectivity index (χ2v) is 4.04. The predicted molar refractivity (Wildman–Crippen MR) is 75.1 cm³/mol. The highest BCUT2D eigenvalue weighted by Gasteiger charge is 2.03. The molecule has 1 aromatic carbocycles. The molecule has 0 saturated heterocycles. The van der Waals surface area contributed by atoms with E-state index in [9.17, 15) is 0 Å². The second-order valence-electron chi connectivity index (χ2n) is 3.63. The van der Waals surface area contributed by atoms with Crippen molar-refractivity contribution in [2.45, 2.75) is 0 Å². The standard InChI is InChI=1S/C13H14ClN3O/c1-15-12-4-3-5-13(17-12)16-9-6-7-11(18-2)10(14)8-9/h3-8H,1-2H3,(H2,15,16,17). The molecular formula is C13H14ClN3O. The zero-order chi connectivity index (χ0) is 13.0. The molecule has 0 amide bonds. The van der Waals surface area contributed by atoms with Crippen LogP contribution in [0.5, 0.6) is 5.75 Å². The summed E-state index contributed by atoms with van der Waals surface area (Å²) in [6, 6.07) is 11.2. The third kappa shape index (κ3) is 2.84. The summed E-state index contributed by atoms with van der Waals surface area (Å²) in [4.78, 5) is 4.36. The molecule has 94 valence electrons. The molecule has 0 fully saturated rings. The van der Waals surface area contributed by atoms with E-state index in [1.165, 1.54) is 0 Å². The smallest absolute Gasteiger partial charge is 0.137 e. The Morgan fingerprint density at radius 3 is 2.61 bits per heavy atom. The average molecular weight is 264 g/mol. The number of anilines is 3. The van der Waals surface area contributed by atoms with Crippen molar-refractivity contribution in [3.63, 3.8) is 0 Å². The fourth-order valence-corrected chi connectivity index (χ4v) is 1.79. The first-order valence-electron chi connectivity index (χ1n) is 5.48. The van der Waals surface area contributed by atoms with Crippen LogP contribution in [0.2, 0.25) is 5.02 Å². The summed E-state index contributed by atoms with van der Waals surface area (Å²) >= 11 is 6.06. The zero-order valence-electron chi connectivity index (χ0n) is 10.2. The monoisotopic (exact) mass is 263 g/mol. The normalized spacial score (nSPS) is 9.94. The van der Waals surface area contributed by atoms with Gasteiger partial charge in [0.05, 0.1) is 12.1 Å². The van der Waals surface area contributed by atoms with Crippen LogP contribution in [-0.2, 0) is 0 Å². The number of halogens is 1. The fourth-order valence-electron chi connectivity index (χ4n) is 1.54. The Balaban J connectivity index is 2.20. The number of ether oxygens (including phenoxy) is 1. The molecule has 1 aromatic heterocycles. The van der Waals surface area contributed by atoms with Crippen molar-refractivity contribution < 1.29 is 4.74 Å². The van der Waals surface area contributed by atoms with Crippen LogP contribution in [-0.4, -0.2) is 19.1 Å². The van der Waals surface area contributed by atoms with Crippen LogP contribution >= 0.6 is 11.6 Å². The van der Waals surface area contributed by atoms with Crippen LogP contribution in [0.4, 0.5) is 17.3 Å². The molecule has 4 nitrogen and oxygen atoms in total. The van der Waals surface area contributed by atoms with Crippen LogP contribution in [0.3, 0.4) is 0 Å². The van der Waals surface area contributed by atoms with Gasteiger partial charge in [-0.3, -0.25) is 0 Å². The third-order valence-electron chi connectivity index (χ3n) is 2.43. The van der Waals surface area contributed by atoms with Crippen LogP contribution in [0.1, 0.15) is 0 Å². The van der Waals surface area contributed by atoms with E-state index < -0.39 is 0 Å². The van der Waals surface area contributed by atoms with Crippen molar-refractivity contribution in [1.29, 1.82) is 0 Å². The van der Waals surface area contributed by atoms with E-state index in [4.69, 9.17) is 16.3 Å². The lowest BCUT2D eigenvalue weighted by molar-refractivity contribution is 0.415. The van der Waals surface area contributed by atoms with Gasteiger partial charge in [0.2, 0.25) is 0 Å². The summed E-state index contributed by atoms with van der Waals surface area (Å²) in [6.45, 7) is 0. The molecule has 18 heavy (non-hydrogen) atoms. The Morgan fingerprint density at radius 2 is 1.94 bits per heavy atom. The highest BCUT2D eigenvalue weighted by Crippen LogP contribution is 2.28. The molecule has 0 radical (unpaired) electrons. The van der Waals surface area contributed by atoms with Crippen LogP contribution in [0.15, 0.2) is 36.4 Å². The Morgan fingerprint density at radius 1 is 1.17 bits per heavy atom. The third-order valence-corrected chi connectivity index (χ3v) is 2.72. The van der Waals surface area contributed by atoms with Gasteiger partial charge in [0.15, 0.2) is 0 Å². The van der Waals surface area contributed by atoms with Crippen molar-refractivity contribution in [3.8, 4) is 5.75 Å². The lowest BCUT2D eigenvalue weighted by Crippen LogP contribution is -1.97. The van der Waals surface area contributed by atoms with Gasteiger partial charge < -0.3 is 15.4 Å². The highest BCUT2D eigenvalue weighted by molar-refractivity contribution is 6.32. The largest absolute Gasteiger partial charge is 0.495 e. The first kappa shape index (κ1) is 12.5. The summed E-state index contributed by atoms with van der Waals surface area (Å²) in [5.41, 5.74) is 0.863. The predicted octanol–water partition coefficient (Wildman–Crippen LogP) is 3.53. The SMILES string of the molecule is CNc1cccc(Nc2ccc(OC)c(Cl)c2)n1. The Kier molecular flexibility index (Phi) is 3.89.